The zero-order chi connectivity index (χ0) is 20.2. The molecule has 0 aliphatic carbocycles. The van der Waals surface area contributed by atoms with Crippen LogP contribution in [0.25, 0.3) is 0 Å². The highest BCUT2D eigenvalue weighted by atomic mass is 16.7. The summed E-state index contributed by atoms with van der Waals surface area (Å²) < 4.78 is 10.8. The van der Waals surface area contributed by atoms with Crippen LogP contribution >= 0.6 is 0 Å². The van der Waals surface area contributed by atoms with Crippen molar-refractivity contribution >= 4 is 11.7 Å². The molecule has 0 spiro atoms. The van der Waals surface area contributed by atoms with Crippen LogP contribution in [0.4, 0.5) is 5.82 Å². The molecule has 1 aromatic carbocycles. The van der Waals surface area contributed by atoms with E-state index in [9.17, 15) is 4.79 Å². The minimum absolute atomic E-state index is 0.0599. The average Bonchev–Trinajstić information content (AvgIpc) is 3.22. The second-order valence-corrected chi connectivity index (χ2v) is 7.51. The first kappa shape index (κ1) is 19.4. The molecule has 0 radical (unpaired) electrons. The van der Waals surface area contributed by atoms with Crippen LogP contribution < -0.4 is 14.8 Å². The van der Waals surface area contributed by atoms with Gasteiger partial charge in [0.15, 0.2) is 17.2 Å². The number of rotatable bonds is 6. The maximum atomic E-state index is 12.7. The van der Waals surface area contributed by atoms with Gasteiger partial charge in [0.2, 0.25) is 6.79 Å². The van der Waals surface area contributed by atoms with Crippen LogP contribution in [0.15, 0.2) is 30.3 Å². The highest BCUT2D eigenvalue weighted by Crippen LogP contribution is 2.32. The van der Waals surface area contributed by atoms with Gasteiger partial charge in [-0.15, -0.1) is 10.2 Å². The number of ether oxygens (including phenoxy) is 2. The zero-order valence-corrected chi connectivity index (χ0v) is 16.9. The lowest BCUT2D eigenvalue weighted by Gasteiger charge is -2.34. The summed E-state index contributed by atoms with van der Waals surface area (Å²) in [5.41, 5.74) is 1.58. The number of aromatic nitrogens is 2. The Kier molecular flexibility index (Phi) is 5.80. The van der Waals surface area contributed by atoms with E-state index in [1.54, 1.807) is 6.07 Å². The summed E-state index contributed by atoms with van der Waals surface area (Å²) in [6.45, 7) is 8.31. The Labute approximate surface area is 170 Å². The molecule has 3 heterocycles. The van der Waals surface area contributed by atoms with Crippen LogP contribution in [-0.2, 0) is 6.54 Å². The van der Waals surface area contributed by atoms with E-state index < -0.39 is 0 Å². The van der Waals surface area contributed by atoms with Crippen LogP contribution in [0, 0.1) is 0 Å². The first-order valence-corrected chi connectivity index (χ1v) is 10.1. The predicted octanol–water partition coefficient (Wildman–Crippen LogP) is 2.37. The lowest BCUT2D eigenvalue weighted by Crippen LogP contribution is -2.48. The quantitative estimate of drug-likeness (QED) is 0.802. The summed E-state index contributed by atoms with van der Waals surface area (Å²) >= 11 is 0. The molecule has 1 aromatic heterocycles. The third-order valence-corrected chi connectivity index (χ3v) is 5.39. The van der Waals surface area contributed by atoms with Crippen molar-refractivity contribution < 1.29 is 14.3 Å². The molecular formula is C21H27N5O3. The van der Waals surface area contributed by atoms with Crippen molar-refractivity contribution in [1.82, 2.24) is 20.0 Å². The molecule has 1 atom stereocenters. The van der Waals surface area contributed by atoms with Gasteiger partial charge in [0.25, 0.3) is 5.91 Å². The molecule has 1 amide bonds. The normalized spacial score (nSPS) is 17.2. The van der Waals surface area contributed by atoms with Crippen LogP contribution in [0.2, 0.25) is 0 Å². The van der Waals surface area contributed by atoms with Gasteiger partial charge in [0, 0.05) is 38.8 Å². The van der Waals surface area contributed by atoms with E-state index in [0.29, 0.717) is 30.6 Å². The summed E-state index contributed by atoms with van der Waals surface area (Å²) in [6.07, 6.45) is 0.999. The molecule has 8 nitrogen and oxygen atoms in total. The van der Waals surface area contributed by atoms with E-state index in [0.717, 1.165) is 37.6 Å². The molecule has 1 fully saturated rings. The van der Waals surface area contributed by atoms with Crippen LogP contribution in [0.3, 0.4) is 0 Å². The Morgan fingerprint density at radius 3 is 2.62 bits per heavy atom. The van der Waals surface area contributed by atoms with Gasteiger partial charge in [-0.2, -0.15) is 0 Å². The predicted molar refractivity (Wildman–Crippen MR) is 109 cm³/mol. The van der Waals surface area contributed by atoms with Crippen molar-refractivity contribution in [3.8, 4) is 11.5 Å². The maximum absolute atomic E-state index is 12.7. The molecule has 1 unspecified atom stereocenters. The zero-order valence-electron chi connectivity index (χ0n) is 16.9. The monoisotopic (exact) mass is 397 g/mol. The number of hydrogen-bond acceptors (Lipinski definition) is 7. The number of amides is 1. The van der Waals surface area contributed by atoms with Gasteiger partial charge in [-0.05, 0) is 43.2 Å². The Balaban J connectivity index is 1.29. The Bertz CT molecular complexity index is 850. The van der Waals surface area contributed by atoms with Crippen molar-refractivity contribution in [2.24, 2.45) is 0 Å². The molecule has 2 aliphatic heterocycles. The first-order chi connectivity index (χ1) is 14.1. The number of carbonyl (C=O) groups is 1. The molecule has 1 saturated heterocycles. The molecule has 1 N–H and O–H groups in total. The lowest BCUT2D eigenvalue weighted by atomic mass is 10.1. The van der Waals surface area contributed by atoms with E-state index in [1.165, 1.54) is 5.56 Å². The highest BCUT2D eigenvalue weighted by Gasteiger charge is 2.24. The van der Waals surface area contributed by atoms with Gasteiger partial charge in [0.1, 0.15) is 5.82 Å². The Hall–Kier alpha value is -2.87. The SMILES string of the molecule is CCC(C)Nc1ccc(C(=O)N2CCN(Cc3ccc4c(c3)OCO4)CC2)nn1. The average molecular weight is 397 g/mol. The number of nitrogens with zero attached hydrogens (tertiary/aromatic N) is 4. The number of anilines is 1. The number of fused-ring (bicyclic) bond motifs is 1. The van der Waals surface area contributed by atoms with Gasteiger partial charge in [-0.1, -0.05) is 13.0 Å². The van der Waals surface area contributed by atoms with E-state index >= 15 is 0 Å². The second kappa shape index (κ2) is 8.65. The van der Waals surface area contributed by atoms with Crippen molar-refractivity contribution in [3.05, 3.63) is 41.6 Å². The first-order valence-electron chi connectivity index (χ1n) is 10.1. The van der Waals surface area contributed by atoms with E-state index in [4.69, 9.17) is 9.47 Å². The number of piperazine rings is 1. The smallest absolute Gasteiger partial charge is 0.274 e. The fourth-order valence-corrected chi connectivity index (χ4v) is 3.45. The number of hydrogen-bond donors (Lipinski definition) is 1. The topological polar surface area (TPSA) is 79.8 Å². The lowest BCUT2D eigenvalue weighted by molar-refractivity contribution is 0.0621. The Morgan fingerprint density at radius 2 is 1.90 bits per heavy atom. The number of nitrogens with one attached hydrogen (secondary N) is 1. The van der Waals surface area contributed by atoms with E-state index in [2.05, 4.69) is 40.3 Å². The summed E-state index contributed by atoms with van der Waals surface area (Å²) in [5.74, 6) is 2.25. The summed E-state index contributed by atoms with van der Waals surface area (Å²) in [4.78, 5) is 16.9. The second-order valence-electron chi connectivity index (χ2n) is 7.51. The standard InChI is InChI=1S/C21H27N5O3/c1-3-15(2)22-20-7-5-17(23-24-20)21(27)26-10-8-25(9-11-26)13-16-4-6-18-19(12-16)29-14-28-18/h4-7,12,15H,3,8-11,13-14H2,1-2H3,(H,22,24). The molecule has 0 saturated carbocycles. The highest BCUT2D eigenvalue weighted by molar-refractivity contribution is 5.92. The number of carbonyl (C=O) groups excluding carboxylic acids is 1. The Morgan fingerprint density at radius 1 is 1.10 bits per heavy atom. The van der Waals surface area contributed by atoms with Crippen molar-refractivity contribution in [2.75, 3.05) is 38.3 Å². The van der Waals surface area contributed by atoms with Crippen LogP contribution in [-0.4, -0.2) is 64.9 Å². The van der Waals surface area contributed by atoms with E-state index in [-0.39, 0.29) is 12.7 Å². The fourth-order valence-electron chi connectivity index (χ4n) is 3.45. The molecular weight excluding hydrogens is 370 g/mol. The molecule has 8 heteroatoms. The largest absolute Gasteiger partial charge is 0.454 e. The van der Waals surface area contributed by atoms with Gasteiger partial charge in [-0.25, -0.2) is 0 Å². The summed E-state index contributed by atoms with van der Waals surface area (Å²) in [5, 5.41) is 11.5. The number of benzene rings is 1. The van der Waals surface area contributed by atoms with Gasteiger partial charge in [0.05, 0.1) is 0 Å². The van der Waals surface area contributed by atoms with Crippen LogP contribution in [0.1, 0.15) is 36.3 Å². The summed E-state index contributed by atoms with van der Waals surface area (Å²) in [6, 6.07) is 9.95. The molecule has 2 aromatic rings. The van der Waals surface area contributed by atoms with Gasteiger partial charge >= 0.3 is 0 Å². The fraction of sp³-hybridized carbons (Fsp3) is 0.476. The van der Waals surface area contributed by atoms with E-state index in [1.807, 2.05) is 23.1 Å². The van der Waals surface area contributed by atoms with Crippen molar-refractivity contribution in [2.45, 2.75) is 32.9 Å². The third kappa shape index (κ3) is 4.59. The van der Waals surface area contributed by atoms with Crippen molar-refractivity contribution in [1.29, 1.82) is 0 Å². The molecule has 29 heavy (non-hydrogen) atoms. The minimum Gasteiger partial charge on any atom is -0.454 e. The third-order valence-electron chi connectivity index (χ3n) is 5.39. The van der Waals surface area contributed by atoms with Gasteiger partial charge in [-0.3, -0.25) is 9.69 Å². The van der Waals surface area contributed by atoms with Gasteiger partial charge < -0.3 is 19.7 Å². The van der Waals surface area contributed by atoms with Crippen LogP contribution in [0.5, 0.6) is 11.5 Å². The summed E-state index contributed by atoms with van der Waals surface area (Å²) in [7, 11) is 0. The molecule has 4 rings (SSSR count). The van der Waals surface area contributed by atoms with Crippen molar-refractivity contribution in [3.63, 3.8) is 0 Å². The molecule has 0 bridgehead atoms. The maximum Gasteiger partial charge on any atom is 0.274 e. The molecule has 154 valence electrons. The molecule has 2 aliphatic rings. The minimum atomic E-state index is -0.0599.